The summed E-state index contributed by atoms with van der Waals surface area (Å²) in [5.41, 5.74) is 1.68. The molecule has 1 aromatic carbocycles. The second-order valence-electron chi connectivity index (χ2n) is 3.42. The zero-order chi connectivity index (χ0) is 10.7. The standard InChI is InChI=1S/C11H13BrO2/c1-7(2)14-11(13)9-5-4-8(3)10(12)6-9/h4-7H,1-3H3. The van der Waals surface area contributed by atoms with Gasteiger partial charge in [0.15, 0.2) is 0 Å². The van der Waals surface area contributed by atoms with Gasteiger partial charge in [-0.3, -0.25) is 0 Å². The number of hydrogen-bond donors (Lipinski definition) is 0. The first-order valence-electron chi connectivity index (χ1n) is 4.48. The van der Waals surface area contributed by atoms with Gasteiger partial charge in [0.1, 0.15) is 0 Å². The maximum atomic E-state index is 11.5. The van der Waals surface area contributed by atoms with Crippen molar-refractivity contribution < 1.29 is 9.53 Å². The van der Waals surface area contributed by atoms with Gasteiger partial charge in [-0.1, -0.05) is 22.0 Å². The van der Waals surface area contributed by atoms with Crippen LogP contribution in [0.25, 0.3) is 0 Å². The molecule has 0 bridgehead atoms. The summed E-state index contributed by atoms with van der Waals surface area (Å²) in [6.45, 7) is 5.64. The summed E-state index contributed by atoms with van der Waals surface area (Å²) in [5, 5.41) is 0. The average Bonchev–Trinajstić information content (AvgIpc) is 2.08. The van der Waals surface area contributed by atoms with E-state index in [4.69, 9.17) is 4.74 Å². The third kappa shape index (κ3) is 2.84. The quantitative estimate of drug-likeness (QED) is 0.759. The van der Waals surface area contributed by atoms with E-state index in [1.54, 1.807) is 12.1 Å². The van der Waals surface area contributed by atoms with Gasteiger partial charge < -0.3 is 4.74 Å². The first kappa shape index (κ1) is 11.2. The van der Waals surface area contributed by atoms with Crippen LogP contribution in [0.2, 0.25) is 0 Å². The molecule has 0 aliphatic rings. The molecule has 0 unspecified atom stereocenters. The maximum absolute atomic E-state index is 11.5. The van der Waals surface area contributed by atoms with Crippen LogP contribution >= 0.6 is 15.9 Å². The number of carbonyl (C=O) groups excluding carboxylic acids is 1. The Morgan fingerprint density at radius 2 is 2.07 bits per heavy atom. The number of aryl methyl sites for hydroxylation is 1. The van der Waals surface area contributed by atoms with Crippen molar-refractivity contribution in [1.82, 2.24) is 0 Å². The Kier molecular flexibility index (Phi) is 3.69. The summed E-state index contributed by atoms with van der Waals surface area (Å²) in [4.78, 5) is 11.5. The topological polar surface area (TPSA) is 26.3 Å². The lowest BCUT2D eigenvalue weighted by Gasteiger charge is -2.08. The second-order valence-corrected chi connectivity index (χ2v) is 4.27. The van der Waals surface area contributed by atoms with E-state index in [9.17, 15) is 4.79 Å². The molecule has 1 aromatic rings. The largest absolute Gasteiger partial charge is 0.459 e. The lowest BCUT2D eigenvalue weighted by molar-refractivity contribution is 0.0378. The molecule has 0 atom stereocenters. The molecule has 0 aliphatic heterocycles. The van der Waals surface area contributed by atoms with E-state index in [0.717, 1.165) is 10.0 Å². The SMILES string of the molecule is Cc1ccc(C(=O)OC(C)C)cc1Br. The minimum atomic E-state index is -0.277. The highest BCUT2D eigenvalue weighted by molar-refractivity contribution is 9.10. The van der Waals surface area contributed by atoms with Gasteiger partial charge in [-0.2, -0.15) is 0 Å². The number of carbonyl (C=O) groups is 1. The van der Waals surface area contributed by atoms with E-state index >= 15 is 0 Å². The van der Waals surface area contributed by atoms with E-state index in [1.165, 1.54) is 0 Å². The molecule has 0 aromatic heterocycles. The molecule has 0 saturated heterocycles. The van der Waals surface area contributed by atoms with Gasteiger partial charge >= 0.3 is 5.97 Å². The van der Waals surface area contributed by atoms with Gasteiger partial charge in [0.2, 0.25) is 0 Å². The highest BCUT2D eigenvalue weighted by Crippen LogP contribution is 2.18. The molecule has 14 heavy (non-hydrogen) atoms. The van der Waals surface area contributed by atoms with Crippen LogP contribution in [0.1, 0.15) is 29.8 Å². The van der Waals surface area contributed by atoms with Gasteiger partial charge in [-0.15, -0.1) is 0 Å². The highest BCUT2D eigenvalue weighted by Gasteiger charge is 2.09. The van der Waals surface area contributed by atoms with Gasteiger partial charge in [-0.05, 0) is 38.5 Å². The van der Waals surface area contributed by atoms with Crippen LogP contribution in [-0.4, -0.2) is 12.1 Å². The van der Waals surface area contributed by atoms with Crippen molar-refractivity contribution in [3.8, 4) is 0 Å². The van der Waals surface area contributed by atoms with Crippen LogP contribution in [0.4, 0.5) is 0 Å². The van der Waals surface area contributed by atoms with Gasteiger partial charge in [-0.25, -0.2) is 4.79 Å². The Balaban J connectivity index is 2.86. The van der Waals surface area contributed by atoms with Gasteiger partial charge in [0.05, 0.1) is 11.7 Å². The molecule has 2 nitrogen and oxygen atoms in total. The molecule has 0 heterocycles. The molecule has 0 aliphatic carbocycles. The van der Waals surface area contributed by atoms with E-state index in [2.05, 4.69) is 15.9 Å². The predicted octanol–water partition coefficient (Wildman–Crippen LogP) is 3.32. The summed E-state index contributed by atoms with van der Waals surface area (Å²) >= 11 is 3.37. The first-order valence-corrected chi connectivity index (χ1v) is 5.27. The molecule has 3 heteroatoms. The van der Waals surface area contributed by atoms with Crippen LogP contribution in [0, 0.1) is 6.92 Å². The monoisotopic (exact) mass is 256 g/mol. The Labute approximate surface area is 92.4 Å². The number of halogens is 1. The molecule has 0 N–H and O–H groups in total. The number of ether oxygens (including phenoxy) is 1. The van der Waals surface area contributed by atoms with Crippen LogP contribution in [0.3, 0.4) is 0 Å². The highest BCUT2D eigenvalue weighted by atomic mass is 79.9. The number of benzene rings is 1. The summed E-state index contributed by atoms with van der Waals surface area (Å²) in [6.07, 6.45) is -0.0809. The molecule has 76 valence electrons. The Morgan fingerprint density at radius 3 is 2.57 bits per heavy atom. The third-order valence-electron chi connectivity index (χ3n) is 1.75. The van der Waals surface area contributed by atoms with Crippen LogP contribution in [-0.2, 0) is 4.74 Å². The normalized spacial score (nSPS) is 10.4. The minimum Gasteiger partial charge on any atom is -0.459 e. The van der Waals surface area contributed by atoms with E-state index in [-0.39, 0.29) is 12.1 Å². The second kappa shape index (κ2) is 4.60. The molecule has 0 fully saturated rings. The minimum absolute atomic E-state index is 0.0809. The third-order valence-corrected chi connectivity index (χ3v) is 2.60. The van der Waals surface area contributed by atoms with Crippen molar-refractivity contribution in [3.05, 3.63) is 33.8 Å². The van der Waals surface area contributed by atoms with E-state index < -0.39 is 0 Å². The molecular formula is C11H13BrO2. The molecule has 0 spiro atoms. The fourth-order valence-electron chi connectivity index (χ4n) is 1.00. The Morgan fingerprint density at radius 1 is 1.43 bits per heavy atom. The summed E-state index contributed by atoms with van der Waals surface area (Å²) < 4.78 is 6.00. The lowest BCUT2D eigenvalue weighted by atomic mass is 10.1. The Bertz CT molecular complexity index is 345. The average molecular weight is 257 g/mol. The predicted molar refractivity (Wildman–Crippen MR) is 59.4 cm³/mol. The van der Waals surface area contributed by atoms with Crippen molar-refractivity contribution in [2.75, 3.05) is 0 Å². The molecule has 0 saturated carbocycles. The molecule has 0 amide bonds. The first-order chi connectivity index (χ1) is 6.50. The van der Waals surface area contributed by atoms with Crippen LogP contribution in [0.15, 0.2) is 22.7 Å². The van der Waals surface area contributed by atoms with E-state index in [0.29, 0.717) is 5.56 Å². The van der Waals surface area contributed by atoms with Crippen LogP contribution < -0.4 is 0 Å². The van der Waals surface area contributed by atoms with Crippen molar-refractivity contribution >= 4 is 21.9 Å². The van der Waals surface area contributed by atoms with Crippen molar-refractivity contribution in [1.29, 1.82) is 0 Å². The molecular weight excluding hydrogens is 244 g/mol. The number of rotatable bonds is 2. The summed E-state index contributed by atoms with van der Waals surface area (Å²) in [6, 6.07) is 5.44. The summed E-state index contributed by atoms with van der Waals surface area (Å²) in [5.74, 6) is -0.277. The molecule has 0 radical (unpaired) electrons. The zero-order valence-corrected chi connectivity index (χ0v) is 10.1. The van der Waals surface area contributed by atoms with Gasteiger partial charge in [0.25, 0.3) is 0 Å². The lowest BCUT2D eigenvalue weighted by Crippen LogP contribution is -2.11. The van der Waals surface area contributed by atoms with Crippen molar-refractivity contribution in [2.45, 2.75) is 26.9 Å². The summed E-state index contributed by atoms with van der Waals surface area (Å²) in [7, 11) is 0. The fraction of sp³-hybridized carbons (Fsp3) is 0.364. The Hall–Kier alpha value is -0.830. The van der Waals surface area contributed by atoms with Gasteiger partial charge in [0, 0.05) is 4.47 Å². The van der Waals surface area contributed by atoms with E-state index in [1.807, 2.05) is 26.8 Å². The number of hydrogen-bond acceptors (Lipinski definition) is 2. The molecule has 1 rings (SSSR count). The fourth-order valence-corrected chi connectivity index (χ4v) is 1.38. The van der Waals surface area contributed by atoms with Crippen molar-refractivity contribution in [2.24, 2.45) is 0 Å². The maximum Gasteiger partial charge on any atom is 0.338 e. The van der Waals surface area contributed by atoms with Crippen molar-refractivity contribution in [3.63, 3.8) is 0 Å². The number of esters is 1. The smallest absolute Gasteiger partial charge is 0.338 e. The zero-order valence-electron chi connectivity index (χ0n) is 8.50. The van der Waals surface area contributed by atoms with Crippen LogP contribution in [0.5, 0.6) is 0 Å².